The van der Waals surface area contributed by atoms with E-state index in [1.54, 1.807) is 0 Å². The van der Waals surface area contributed by atoms with Crippen molar-refractivity contribution >= 4 is 20.2 Å². The fraction of sp³-hybridized carbons (Fsp3) is 1.00. The molecule has 0 rings (SSSR count). The third-order valence-electron chi connectivity index (χ3n) is 0.137. The molecule has 0 aromatic heterocycles. The predicted octanol–water partition coefficient (Wildman–Crippen LogP) is -1.34. The summed E-state index contributed by atoms with van der Waals surface area (Å²) in [6.45, 7) is 0. The molecule has 0 aromatic rings. The highest BCUT2D eigenvalue weighted by Crippen LogP contribution is 1.49. The van der Waals surface area contributed by atoms with E-state index in [2.05, 4.69) is 14.6 Å². The molecule has 0 aliphatic heterocycles. The number of rotatable bonds is 2. The van der Waals surface area contributed by atoms with Crippen LogP contribution in [0.25, 0.3) is 0 Å². The Kier molecular flexibility index (Phi) is 4.66. The molecule has 0 aliphatic rings. The van der Waals surface area contributed by atoms with Gasteiger partial charge in [0, 0.05) is 0 Å². The SMILES string of the molecule is OC[Si]O[Si]. The highest BCUT2D eigenvalue weighted by molar-refractivity contribution is 6.33. The summed E-state index contributed by atoms with van der Waals surface area (Å²) in [6, 6.07) is 0. The van der Waals surface area contributed by atoms with Gasteiger partial charge in [-0.2, -0.15) is 0 Å². The Bertz CT molecular complexity index is 15.1. The molecule has 0 bridgehead atoms. The van der Waals surface area contributed by atoms with Crippen molar-refractivity contribution in [1.82, 2.24) is 0 Å². The Labute approximate surface area is 36.6 Å². The molecule has 5 heavy (non-hydrogen) atoms. The van der Waals surface area contributed by atoms with Crippen molar-refractivity contribution in [2.45, 2.75) is 0 Å². The molecule has 0 saturated carbocycles. The van der Waals surface area contributed by atoms with Crippen LogP contribution in [0.1, 0.15) is 0 Å². The lowest BCUT2D eigenvalue weighted by Crippen LogP contribution is -1.99. The van der Waals surface area contributed by atoms with Gasteiger partial charge in [-0.3, -0.25) is 0 Å². The van der Waals surface area contributed by atoms with Crippen LogP contribution in [0.3, 0.4) is 0 Å². The summed E-state index contributed by atoms with van der Waals surface area (Å²) in [6.07, 6.45) is 0.101. The first-order chi connectivity index (χ1) is 2.41. The molecule has 0 saturated heterocycles. The van der Waals surface area contributed by atoms with Crippen molar-refractivity contribution in [3.63, 3.8) is 0 Å². The molecule has 0 heterocycles. The van der Waals surface area contributed by atoms with Crippen LogP contribution in [0, 0.1) is 0 Å². The van der Waals surface area contributed by atoms with Crippen LogP contribution in [0.5, 0.6) is 0 Å². The number of aliphatic hydroxyl groups is 1. The second-order valence-corrected chi connectivity index (χ2v) is 1.83. The maximum absolute atomic E-state index is 7.92. The molecule has 0 aromatic carbocycles. The van der Waals surface area contributed by atoms with E-state index >= 15 is 0 Å². The lowest BCUT2D eigenvalue weighted by molar-refractivity contribution is 0.352. The second-order valence-electron chi connectivity index (χ2n) is 0.405. The van der Waals surface area contributed by atoms with Crippen LogP contribution in [0.15, 0.2) is 0 Å². The van der Waals surface area contributed by atoms with E-state index in [-0.39, 0.29) is 16.0 Å². The average Bonchev–Trinajstić information content (AvgIpc) is 1.41. The van der Waals surface area contributed by atoms with Crippen molar-refractivity contribution in [2.24, 2.45) is 0 Å². The van der Waals surface area contributed by atoms with Gasteiger partial charge in [0.1, 0.15) is 0 Å². The fourth-order valence-corrected chi connectivity index (χ4v) is 0.290. The maximum atomic E-state index is 7.92. The summed E-state index contributed by atoms with van der Waals surface area (Å²) < 4.78 is 4.27. The van der Waals surface area contributed by atoms with Gasteiger partial charge in [0.15, 0.2) is 0 Å². The van der Waals surface area contributed by atoms with Gasteiger partial charge < -0.3 is 9.22 Å². The first kappa shape index (κ1) is 5.35. The van der Waals surface area contributed by atoms with E-state index in [0.717, 1.165) is 0 Å². The lowest BCUT2D eigenvalue weighted by atomic mass is 11.7. The molecule has 0 aliphatic carbocycles. The third kappa shape index (κ3) is 4.35. The Morgan fingerprint density at radius 1 is 2.00 bits per heavy atom. The number of hydrogen-bond donors (Lipinski definition) is 1. The Morgan fingerprint density at radius 3 is 2.60 bits per heavy atom. The van der Waals surface area contributed by atoms with E-state index in [0.29, 0.717) is 0 Å². The normalized spacial score (nSPS) is 8.40. The highest BCUT2D eigenvalue weighted by Gasteiger charge is 1.73. The summed E-state index contributed by atoms with van der Waals surface area (Å²) in [5.41, 5.74) is 0. The van der Waals surface area contributed by atoms with Crippen molar-refractivity contribution in [1.29, 1.82) is 0 Å². The highest BCUT2D eigenvalue weighted by atomic mass is 28.3. The summed E-state index contributed by atoms with van der Waals surface area (Å²) in [5, 5.41) is 7.92. The van der Waals surface area contributed by atoms with Gasteiger partial charge >= 0.3 is 0 Å². The first-order valence-electron chi connectivity index (χ1n) is 1.08. The summed E-state index contributed by atoms with van der Waals surface area (Å²) >= 11 is 0. The molecular formula is CH3O2Si2. The molecule has 5 radical (unpaired) electrons. The van der Waals surface area contributed by atoms with Crippen LogP contribution < -0.4 is 0 Å². The lowest BCUT2D eigenvalue weighted by Gasteiger charge is -1.80. The summed E-state index contributed by atoms with van der Waals surface area (Å²) in [4.78, 5) is 0. The molecule has 0 unspecified atom stereocenters. The van der Waals surface area contributed by atoms with Crippen LogP contribution in [0.4, 0.5) is 0 Å². The zero-order valence-electron chi connectivity index (χ0n) is 2.56. The minimum absolute atomic E-state index is 0.101. The quantitative estimate of drug-likeness (QED) is 0.438. The topological polar surface area (TPSA) is 29.5 Å². The molecule has 0 amide bonds. The van der Waals surface area contributed by atoms with Crippen LogP contribution >= 0.6 is 0 Å². The van der Waals surface area contributed by atoms with Gasteiger partial charge in [0.05, 0.1) is 6.23 Å². The molecule has 0 fully saturated rings. The average molecular weight is 103 g/mol. The van der Waals surface area contributed by atoms with Gasteiger partial charge in [-0.15, -0.1) is 0 Å². The predicted molar refractivity (Wildman–Crippen MR) is 19.7 cm³/mol. The van der Waals surface area contributed by atoms with Gasteiger partial charge in [-0.1, -0.05) is 0 Å². The molecule has 1 N–H and O–H groups in total. The largest absolute Gasteiger partial charge is 0.456 e. The fourth-order valence-electron chi connectivity index (χ4n) is 0.0323. The van der Waals surface area contributed by atoms with Crippen molar-refractivity contribution < 1.29 is 9.22 Å². The first-order valence-corrected chi connectivity index (χ1v) is 2.60. The van der Waals surface area contributed by atoms with Crippen LogP contribution in [-0.4, -0.2) is 31.6 Å². The summed E-state index contributed by atoms with van der Waals surface area (Å²) in [7, 11) is 2.87. The van der Waals surface area contributed by atoms with E-state index in [9.17, 15) is 0 Å². The van der Waals surface area contributed by atoms with Gasteiger partial charge in [0.25, 0.3) is 0 Å². The molecule has 0 spiro atoms. The Morgan fingerprint density at radius 2 is 2.60 bits per heavy atom. The van der Waals surface area contributed by atoms with Crippen molar-refractivity contribution in [3.8, 4) is 0 Å². The Hall–Kier alpha value is 0.354. The summed E-state index contributed by atoms with van der Waals surface area (Å²) in [5.74, 6) is 0. The number of hydrogen-bond acceptors (Lipinski definition) is 2. The minimum atomic E-state index is 0.101. The zero-order chi connectivity index (χ0) is 4.12. The maximum Gasteiger partial charge on any atom is 0.244 e. The third-order valence-corrected chi connectivity index (χ3v) is 0.843. The van der Waals surface area contributed by atoms with E-state index < -0.39 is 0 Å². The van der Waals surface area contributed by atoms with E-state index in [4.69, 9.17) is 5.11 Å². The van der Waals surface area contributed by atoms with E-state index in [1.807, 2.05) is 0 Å². The molecular weight excluding hydrogens is 100 g/mol. The van der Waals surface area contributed by atoms with Gasteiger partial charge in [-0.05, 0) is 0 Å². The van der Waals surface area contributed by atoms with E-state index in [1.165, 1.54) is 0 Å². The minimum Gasteiger partial charge on any atom is -0.456 e. The zero-order valence-corrected chi connectivity index (χ0v) is 4.56. The van der Waals surface area contributed by atoms with Gasteiger partial charge in [0.2, 0.25) is 20.2 Å². The second kappa shape index (κ2) is 4.35. The van der Waals surface area contributed by atoms with Crippen molar-refractivity contribution in [3.05, 3.63) is 0 Å². The number of aliphatic hydroxyl groups excluding tert-OH is 1. The molecule has 27 valence electrons. The molecule has 0 atom stereocenters. The van der Waals surface area contributed by atoms with Crippen molar-refractivity contribution in [2.75, 3.05) is 6.23 Å². The van der Waals surface area contributed by atoms with Crippen LogP contribution in [-0.2, 0) is 4.12 Å². The molecule has 4 heteroatoms. The van der Waals surface area contributed by atoms with Gasteiger partial charge in [-0.25, -0.2) is 0 Å². The monoisotopic (exact) mass is 103 g/mol. The molecule has 2 nitrogen and oxygen atoms in total. The standard InChI is InChI=1S/CH3O2Si2/c2-1-5-3-4/h2H,1H2. The smallest absolute Gasteiger partial charge is 0.244 e. The van der Waals surface area contributed by atoms with Crippen LogP contribution in [0.2, 0.25) is 0 Å². The Balaban J connectivity index is 2.19.